The molecule has 37 heavy (non-hydrogen) atoms. The van der Waals surface area contributed by atoms with Crippen LogP contribution < -0.4 is 16.4 Å². The number of benzene rings is 3. The molecule has 4 N–H and O–H groups in total. The summed E-state index contributed by atoms with van der Waals surface area (Å²) in [5, 5.41) is 6.02. The number of nitrogen functional groups attached to an aromatic ring is 1. The number of nitrogens with zero attached hydrogens (tertiary/aromatic N) is 1. The number of carbonyl (C=O) groups is 3. The van der Waals surface area contributed by atoms with Gasteiger partial charge in [0.15, 0.2) is 5.13 Å². The van der Waals surface area contributed by atoms with Crippen LogP contribution in [0.3, 0.4) is 0 Å². The summed E-state index contributed by atoms with van der Waals surface area (Å²) < 4.78 is 28.0. The van der Waals surface area contributed by atoms with Crippen LogP contribution >= 0.6 is 11.3 Å². The first-order valence-corrected chi connectivity index (χ1v) is 12.0. The standard InChI is InChI=1S/C27H22F2N4O3S/c1-14(15(2)34)16-6-10-18(11-7-16)31-26(36)17-8-12-19(13-9-17)32-27-33-25(30)24(37-27)23(35)22-20(28)4-3-5-21(22)29/h3-14H,30H2,1-2H3,(H,31,36)(H,32,33). The molecule has 0 aliphatic carbocycles. The molecule has 188 valence electrons. The van der Waals surface area contributed by atoms with Crippen molar-refractivity contribution in [2.45, 2.75) is 19.8 Å². The second kappa shape index (κ2) is 10.7. The smallest absolute Gasteiger partial charge is 0.255 e. The summed E-state index contributed by atoms with van der Waals surface area (Å²) in [4.78, 5) is 40.8. The maximum atomic E-state index is 14.0. The Labute approximate surface area is 215 Å². The van der Waals surface area contributed by atoms with Crippen LogP contribution in [0.2, 0.25) is 0 Å². The van der Waals surface area contributed by atoms with Crippen molar-refractivity contribution >= 4 is 51.1 Å². The average molecular weight is 521 g/mol. The number of carbonyl (C=O) groups excluding carboxylic acids is 3. The number of amides is 1. The van der Waals surface area contributed by atoms with Gasteiger partial charge in [-0.3, -0.25) is 14.4 Å². The molecule has 0 aliphatic rings. The topological polar surface area (TPSA) is 114 Å². The highest BCUT2D eigenvalue weighted by atomic mass is 32.1. The summed E-state index contributed by atoms with van der Waals surface area (Å²) in [5.41, 5.74) is 7.56. The fourth-order valence-electron chi connectivity index (χ4n) is 3.50. The number of ketones is 2. The van der Waals surface area contributed by atoms with Crippen molar-refractivity contribution in [2.75, 3.05) is 16.4 Å². The van der Waals surface area contributed by atoms with Gasteiger partial charge in [0, 0.05) is 22.9 Å². The number of Topliss-reactive ketones (excluding diaryl/α,β-unsaturated/α-hetero) is 1. The number of hydrogen-bond donors (Lipinski definition) is 3. The Morgan fingerprint density at radius 1 is 0.919 bits per heavy atom. The lowest BCUT2D eigenvalue weighted by molar-refractivity contribution is -0.118. The van der Waals surface area contributed by atoms with Crippen molar-refractivity contribution < 1.29 is 23.2 Å². The molecule has 1 aromatic heterocycles. The Morgan fingerprint density at radius 3 is 2.11 bits per heavy atom. The van der Waals surface area contributed by atoms with E-state index in [0.29, 0.717) is 16.9 Å². The molecule has 0 fully saturated rings. The van der Waals surface area contributed by atoms with Crippen LogP contribution in [0.5, 0.6) is 0 Å². The van der Waals surface area contributed by atoms with Gasteiger partial charge < -0.3 is 16.4 Å². The van der Waals surface area contributed by atoms with E-state index in [2.05, 4.69) is 15.6 Å². The van der Waals surface area contributed by atoms with Crippen LogP contribution in [0.1, 0.15) is 50.9 Å². The quantitative estimate of drug-likeness (QED) is 0.248. The van der Waals surface area contributed by atoms with Gasteiger partial charge in [-0.1, -0.05) is 36.5 Å². The number of nitrogens with one attached hydrogen (secondary N) is 2. The third kappa shape index (κ3) is 5.70. The first-order valence-electron chi connectivity index (χ1n) is 11.2. The fraction of sp³-hybridized carbons (Fsp3) is 0.111. The number of aromatic nitrogens is 1. The number of rotatable bonds is 8. The minimum absolute atomic E-state index is 0.0627. The number of halogens is 2. The normalized spacial score (nSPS) is 11.6. The predicted molar refractivity (Wildman–Crippen MR) is 140 cm³/mol. The maximum absolute atomic E-state index is 14.0. The van der Waals surface area contributed by atoms with Crippen molar-refractivity contribution in [1.82, 2.24) is 4.98 Å². The zero-order valence-corrected chi connectivity index (χ0v) is 20.7. The maximum Gasteiger partial charge on any atom is 0.255 e. The number of thiazole rings is 1. The third-order valence-corrected chi connectivity index (χ3v) is 6.71. The zero-order valence-electron chi connectivity index (χ0n) is 19.8. The Bertz CT molecular complexity index is 1460. The third-order valence-electron chi connectivity index (χ3n) is 5.73. The summed E-state index contributed by atoms with van der Waals surface area (Å²) >= 11 is 0.861. The average Bonchev–Trinajstić information content (AvgIpc) is 3.24. The Kier molecular flexibility index (Phi) is 7.40. The van der Waals surface area contributed by atoms with Gasteiger partial charge in [-0.15, -0.1) is 0 Å². The van der Waals surface area contributed by atoms with E-state index in [-0.39, 0.29) is 33.4 Å². The molecule has 4 rings (SSSR count). The van der Waals surface area contributed by atoms with Crippen LogP contribution in [0.25, 0.3) is 0 Å². The molecule has 0 bridgehead atoms. The van der Waals surface area contributed by atoms with Gasteiger partial charge in [-0.05, 0) is 61.0 Å². The SMILES string of the molecule is CC(=O)C(C)c1ccc(NC(=O)c2ccc(Nc3nc(N)c(C(=O)c4c(F)cccc4F)s3)cc2)cc1. The molecule has 1 atom stereocenters. The van der Waals surface area contributed by atoms with E-state index >= 15 is 0 Å². The second-order valence-corrected chi connectivity index (χ2v) is 9.27. The summed E-state index contributed by atoms with van der Waals surface area (Å²) in [7, 11) is 0. The van der Waals surface area contributed by atoms with E-state index < -0.39 is 23.0 Å². The van der Waals surface area contributed by atoms with Crippen LogP contribution in [0.4, 0.5) is 31.1 Å². The minimum atomic E-state index is -0.984. The van der Waals surface area contributed by atoms with E-state index in [1.54, 1.807) is 48.5 Å². The Balaban J connectivity index is 1.42. The monoisotopic (exact) mass is 520 g/mol. The number of nitrogens with two attached hydrogens (primary N) is 1. The van der Waals surface area contributed by atoms with E-state index in [1.807, 2.05) is 6.92 Å². The first-order chi connectivity index (χ1) is 17.6. The van der Waals surface area contributed by atoms with Gasteiger partial charge in [0.2, 0.25) is 5.78 Å². The predicted octanol–water partition coefficient (Wildman–Crippen LogP) is 5.92. The molecular formula is C27H22F2N4O3S. The molecule has 3 aromatic carbocycles. The Hall–Kier alpha value is -4.44. The highest BCUT2D eigenvalue weighted by molar-refractivity contribution is 7.18. The molecule has 0 radical (unpaired) electrons. The lowest BCUT2D eigenvalue weighted by Crippen LogP contribution is -2.12. The van der Waals surface area contributed by atoms with Gasteiger partial charge in [0.1, 0.15) is 28.1 Å². The van der Waals surface area contributed by atoms with Crippen LogP contribution in [-0.4, -0.2) is 22.5 Å². The van der Waals surface area contributed by atoms with Crippen LogP contribution in [0.15, 0.2) is 66.7 Å². The summed E-state index contributed by atoms with van der Waals surface area (Å²) in [6, 6.07) is 16.7. The lowest BCUT2D eigenvalue weighted by atomic mass is 9.97. The van der Waals surface area contributed by atoms with Gasteiger partial charge in [-0.25, -0.2) is 13.8 Å². The molecule has 0 saturated carbocycles. The van der Waals surface area contributed by atoms with Crippen molar-refractivity contribution in [2.24, 2.45) is 0 Å². The summed E-state index contributed by atoms with van der Waals surface area (Å²) in [5.74, 6) is -3.49. The first kappa shape index (κ1) is 25.6. The second-order valence-electron chi connectivity index (χ2n) is 8.27. The van der Waals surface area contributed by atoms with Gasteiger partial charge in [-0.2, -0.15) is 0 Å². The van der Waals surface area contributed by atoms with E-state index in [9.17, 15) is 23.2 Å². The van der Waals surface area contributed by atoms with Gasteiger partial charge >= 0.3 is 0 Å². The van der Waals surface area contributed by atoms with E-state index in [1.165, 1.54) is 13.0 Å². The number of hydrogen-bond acceptors (Lipinski definition) is 7. The zero-order chi connectivity index (χ0) is 26.7. The molecular weight excluding hydrogens is 498 g/mol. The van der Waals surface area contributed by atoms with Gasteiger partial charge in [0.25, 0.3) is 5.91 Å². The van der Waals surface area contributed by atoms with Crippen molar-refractivity contribution in [3.8, 4) is 0 Å². The van der Waals surface area contributed by atoms with Crippen molar-refractivity contribution in [1.29, 1.82) is 0 Å². The fourth-order valence-corrected chi connectivity index (χ4v) is 4.35. The van der Waals surface area contributed by atoms with E-state index in [0.717, 1.165) is 29.0 Å². The summed E-state index contributed by atoms with van der Waals surface area (Å²) in [6.07, 6.45) is 0. The highest BCUT2D eigenvalue weighted by Gasteiger charge is 2.24. The van der Waals surface area contributed by atoms with Crippen LogP contribution in [0, 0.1) is 11.6 Å². The molecule has 0 saturated heterocycles. The van der Waals surface area contributed by atoms with Crippen molar-refractivity contribution in [3.05, 3.63) is 99.9 Å². The number of anilines is 4. The van der Waals surface area contributed by atoms with Crippen molar-refractivity contribution in [3.63, 3.8) is 0 Å². The van der Waals surface area contributed by atoms with E-state index in [4.69, 9.17) is 5.73 Å². The van der Waals surface area contributed by atoms with Gasteiger partial charge in [0.05, 0.1) is 5.56 Å². The largest absolute Gasteiger partial charge is 0.382 e. The molecule has 0 spiro atoms. The molecule has 1 heterocycles. The molecule has 1 amide bonds. The molecule has 1 unspecified atom stereocenters. The van der Waals surface area contributed by atoms with Crippen LogP contribution in [-0.2, 0) is 4.79 Å². The molecule has 4 aromatic rings. The highest BCUT2D eigenvalue weighted by Crippen LogP contribution is 2.31. The molecule has 0 aliphatic heterocycles. The summed E-state index contributed by atoms with van der Waals surface area (Å²) in [6.45, 7) is 3.36. The minimum Gasteiger partial charge on any atom is -0.382 e. The lowest BCUT2D eigenvalue weighted by Gasteiger charge is -2.10. The molecule has 10 heteroatoms. The Morgan fingerprint density at radius 2 is 1.51 bits per heavy atom. The molecule has 7 nitrogen and oxygen atoms in total.